The van der Waals surface area contributed by atoms with Crippen LogP contribution in [0, 0.1) is 0 Å². The van der Waals surface area contributed by atoms with Gasteiger partial charge in [-0.05, 0) is 16.0 Å². The number of H-pyrrole nitrogens is 1. The van der Waals surface area contributed by atoms with Crippen molar-refractivity contribution in [2.75, 3.05) is 7.11 Å². The second kappa shape index (κ2) is 7.25. The van der Waals surface area contributed by atoms with E-state index in [1.54, 1.807) is 0 Å². The standard InChI is InChI=1S/C15H13N7O3/c1-25-15(24)12-6-11(17-8-18-12)14(23)16-7-9-2-4-10(5-3-9)13-19-21-22-20-13/h2-6,8H,7H2,1H3,(H,16,23)(H,19,20,21,22). The van der Waals surface area contributed by atoms with Crippen molar-refractivity contribution in [3.63, 3.8) is 0 Å². The molecule has 0 radical (unpaired) electrons. The van der Waals surface area contributed by atoms with E-state index in [1.807, 2.05) is 24.3 Å². The van der Waals surface area contributed by atoms with Gasteiger partial charge in [-0.1, -0.05) is 24.3 Å². The molecule has 2 N–H and O–H groups in total. The highest BCUT2D eigenvalue weighted by atomic mass is 16.5. The van der Waals surface area contributed by atoms with Gasteiger partial charge in [0.2, 0.25) is 0 Å². The van der Waals surface area contributed by atoms with E-state index in [-0.39, 0.29) is 11.4 Å². The molecule has 126 valence electrons. The second-order valence-corrected chi connectivity index (χ2v) is 4.91. The van der Waals surface area contributed by atoms with Gasteiger partial charge in [-0.3, -0.25) is 4.79 Å². The number of hydrogen-bond donors (Lipinski definition) is 2. The van der Waals surface area contributed by atoms with E-state index in [9.17, 15) is 9.59 Å². The molecule has 25 heavy (non-hydrogen) atoms. The van der Waals surface area contributed by atoms with E-state index in [1.165, 1.54) is 13.2 Å². The summed E-state index contributed by atoms with van der Waals surface area (Å²) in [5.74, 6) is -0.489. The number of tetrazole rings is 1. The third-order valence-electron chi connectivity index (χ3n) is 3.32. The van der Waals surface area contributed by atoms with Crippen molar-refractivity contribution in [2.45, 2.75) is 6.54 Å². The maximum atomic E-state index is 12.1. The molecule has 0 aliphatic rings. The minimum Gasteiger partial charge on any atom is -0.464 e. The molecule has 3 rings (SSSR count). The van der Waals surface area contributed by atoms with Gasteiger partial charge in [0.05, 0.1) is 7.11 Å². The fraction of sp³-hybridized carbons (Fsp3) is 0.133. The first kappa shape index (κ1) is 16.2. The molecule has 0 bridgehead atoms. The number of aromatic amines is 1. The lowest BCUT2D eigenvalue weighted by molar-refractivity contribution is 0.0593. The van der Waals surface area contributed by atoms with Gasteiger partial charge in [-0.2, -0.15) is 0 Å². The summed E-state index contributed by atoms with van der Waals surface area (Å²) in [5, 5.41) is 16.2. The Morgan fingerprint density at radius 3 is 2.60 bits per heavy atom. The van der Waals surface area contributed by atoms with Crippen LogP contribution in [0.15, 0.2) is 36.7 Å². The largest absolute Gasteiger partial charge is 0.464 e. The van der Waals surface area contributed by atoms with Crippen molar-refractivity contribution in [2.24, 2.45) is 0 Å². The maximum absolute atomic E-state index is 12.1. The Balaban J connectivity index is 1.63. The van der Waals surface area contributed by atoms with Crippen LogP contribution in [0.2, 0.25) is 0 Å². The van der Waals surface area contributed by atoms with E-state index < -0.39 is 11.9 Å². The van der Waals surface area contributed by atoms with Crippen LogP contribution in [0.25, 0.3) is 11.4 Å². The van der Waals surface area contributed by atoms with Crippen LogP contribution in [0.5, 0.6) is 0 Å². The summed E-state index contributed by atoms with van der Waals surface area (Å²) in [5.41, 5.74) is 1.82. The van der Waals surface area contributed by atoms with E-state index >= 15 is 0 Å². The average molecular weight is 339 g/mol. The lowest BCUT2D eigenvalue weighted by Gasteiger charge is -2.06. The molecule has 1 aromatic carbocycles. The van der Waals surface area contributed by atoms with E-state index in [0.29, 0.717) is 12.4 Å². The average Bonchev–Trinajstić information content (AvgIpc) is 3.20. The van der Waals surface area contributed by atoms with Crippen LogP contribution >= 0.6 is 0 Å². The first-order chi connectivity index (χ1) is 12.2. The summed E-state index contributed by atoms with van der Waals surface area (Å²) in [4.78, 5) is 31.2. The number of nitrogens with one attached hydrogen (secondary N) is 2. The highest BCUT2D eigenvalue weighted by Gasteiger charge is 2.13. The van der Waals surface area contributed by atoms with Gasteiger partial charge in [0, 0.05) is 18.2 Å². The predicted octanol–water partition coefficient (Wildman–Crippen LogP) is 0.373. The van der Waals surface area contributed by atoms with E-state index in [4.69, 9.17) is 0 Å². The fourth-order valence-electron chi connectivity index (χ4n) is 2.03. The van der Waals surface area contributed by atoms with Crippen LogP contribution in [-0.2, 0) is 11.3 Å². The first-order valence-electron chi connectivity index (χ1n) is 7.19. The summed E-state index contributed by atoms with van der Waals surface area (Å²) < 4.78 is 4.56. The number of methoxy groups -OCH3 is 1. The van der Waals surface area contributed by atoms with Crippen molar-refractivity contribution in [1.82, 2.24) is 35.9 Å². The molecular formula is C15H13N7O3. The molecule has 10 heteroatoms. The van der Waals surface area contributed by atoms with Gasteiger partial charge in [0.1, 0.15) is 12.0 Å². The number of hydrogen-bond acceptors (Lipinski definition) is 8. The van der Waals surface area contributed by atoms with Crippen molar-refractivity contribution in [3.8, 4) is 11.4 Å². The van der Waals surface area contributed by atoms with Crippen molar-refractivity contribution in [3.05, 3.63) is 53.6 Å². The van der Waals surface area contributed by atoms with Gasteiger partial charge in [-0.15, -0.1) is 5.10 Å². The third kappa shape index (κ3) is 3.80. The summed E-state index contributed by atoms with van der Waals surface area (Å²) >= 11 is 0. The first-order valence-corrected chi connectivity index (χ1v) is 7.19. The molecule has 1 amide bonds. The SMILES string of the molecule is COC(=O)c1cc(C(=O)NCc2ccc(-c3nnn[nH]3)cc2)ncn1. The molecular weight excluding hydrogens is 326 g/mol. The van der Waals surface area contributed by atoms with Gasteiger partial charge in [0.15, 0.2) is 11.5 Å². The van der Waals surface area contributed by atoms with Crippen molar-refractivity contribution >= 4 is 11.9 Å². The lowest BCUT2D eigenvalue weighted by atomic mass is 10.1. The number of nitrogens with zero attached hydrogens (tertiary/aromatic N) is 5. The molecule has 0 fully saturated rings. The van der Waals surface area contributed by atoms with E-state index in [2.05, 4.69) is 40.6 Å². The molecule has 10 nitrogen and oxygen atoms in total. The number of aromatic nitrogens is 6. The van der Waals surface area contributed by atoms with Crippen LogP contribution in [0.1, 0.15) is 26.5 Å². The zero-order valence-corrected chi connectivity index (χ0v) is 13.1. The van der Waals surface area contributed by atoms with Crippen LogP contribution < -0.4 is 5.32 Å². The second-order valence-electron chi connectivity index (χ2n) is 4.91. The Kier molecular flexibility index (Phi) is 4.69. The van der Waals surface area contributed by atoms with Gasteiger partial charge in [-0.25, -0.2) is 19.9 Å². The number of benzene rings is 1. The molecule has 3 aromatic rings. The van der Waals surface area contributed by atoms with Gasteiger partial charge < -0.3 is 10.1 Å². The van der Waals surface area contributed by atoms with Gasteiger partial charge >= 0.3 is 5.97 Å². The molecule has 0 aliphatic heterocycles. The molecule has 0 saturated heterocycles. The Hall–Kier alpha value is -3.69. The maximum Gasteiger partial charge on any atom is 0.356 e. The predicted molar refractivity (Wildman–Crippen MR) is 84.2 cm³/mol. The zero-order chi connectivity index (χ0) is 17.6. The molecule has 0 unspecified atom stereocenters. The van der Waals surface area contributed by atoms with Crippen LogP contribution in [0.4, 0.5) is 0 Å². The molecule has 0 spiro atoms. The highest BCUT2D eigenvalue weighted by Crippen LogP contribution is 2.13. The summed E-state index contributed by atoms with van der Waals surface area (Å²) in [6.07, 6.45) is 1.14. The molecule has 0 atom stereocenters. The fourth-order valence-corrected chi connectivity index (χ4v) is 2.03. The summed E-state index contributed by atoms with van der Waals surface area (Å²) in [7, 11) is 1.24. The lowest BCUT2D eigenvalue weighted by Crippen LogP contribution is -2.24. The number of carbonyl (C=O) groups is 2. The number of amides is 1. The molecule has 0 aliphatic carbocycles. The number of esters is 1. The highest BCUT2D eigenvalue weighted by molar-refractivity contribution is 5.95. The molecule has 0 saturated carbocycles. The smallest absolute Gasteiger partial charge is 0.356 e. The minimum atomic E-state index is -0.631. The van der Waals surface area contributed by atoms with Gasteiger partial charge in [0.25, 0.3) is 5.91 Å². The van der Waals surface area contributed by atoms with E-state index in [0.717, 1.165) is 17.5 Å². The minimum absolute atomic E-state index is 0.0210. The topological polar surface area (TPSA) is 136 Å². The Bertz CT molecular complexity index is 878. The molecule has 2 aromatic heterocycles. The zero-order valence-electron chi connectivity index (χ0n) is 13.1. The third-order valence-corrected chi connectivity index (χ3v) is 3.32. The monoisotopic (exact) mass is 339 g/mol. The van der Waals surface area contributed by atoms with Crippen molar-refractivity contribution < 1.29 is 14.3 Å². The number of rotatable bonds is 5. The number of ether oxygens (including phenoxy) is 1. The Morgan fingerprint density at radius 2 is 1.92 bits per heavy atom. The van der Waals surface area contributed by atoms with Crippen LogP contribution in [0.3, 0.4) is 0 Å². The molecule has 2 heterocycles. The Morgan fingerprint density at radius 1 is 1.16 bits per heavy atom. The summed E-state index contributed by atoms with van der Waals surface area (Å²) in [6, 6.07) is 8.64. The van der Waals surface area contributed by atoms with Crippen molar-refractivity contribution in [1.29, 1.82) is 0 Å². The summed E-state index contributed by atoms with van der Waals surface area (Å²) in [6.45, 7) is 0.297. The van der Waals surface area contributed by atoms with Crippen LogP contribution in [-0.4, -0.2) is 49.6 Å². The number of carbonyl (C=O) groups excluding carboxylic acids is 2. The normalized spacial score (nSPS) is 10.3. The quantitative estimate of drug-likeness (QED) is 0.636. The Labute approximate surface area is 141 Å².